The van der Waals surface area contributed by atoms with Crippen molar-refractivity contribution in [3.63, 3.8) is 0 Å². The van der Waals surface area contributed by atoms with Gasteiger partial charge in [0, 0.05) is 11.6 Å². The smallest absolute Gasteiger partial charge is 0.197 e. The van der Waals surface area contributed by atoms with Crippen LogP contribution in [-0.4, -0.2) is 20.0 Å². The summed E-state index contributed by atoms with van der Waals surface area (Å²) in [5, 5.41) is 18.2. The zero-order valence-corrected chi connectivity index (χ0v) is 11.5. The van der Waals surface area contributed by atoms with E-state index >= 15 is 0 Å². The number of para-hydroxylation sites is 1. The van der Waals surface area contributed by atoms with Crippen LogP contribution in [0.15, 0.2) is 35.5 Å². The molecule has 1 aromatic heterocycles. The van der Waals surface area contributed by atoms with E-state index in [1.165, 1.54) is 24.6 Å². The molecule has 96 valence electrons. The lowest BCUT2D eigenvalue weighted by Gasteiger charge is -2.10. The average molecular weight is 270 g/mol. The lowest BCUT2D eigenvalue weighted by molar-refractivity contribution is 0.828. The third-order valence-corrected chi connectivity index (χ3v) is 4.01. The van der Waals surface area contributed by atoms with Gasteiger partial charge in [0.05, 0.1) is 11.3 Å². The van der Waals surface area contributed by atoms with Crippen LogP contribution in [0.4, 0.5) is 0 Å². The van der Waals surface area contributed by atoms with E-state index in [0.29, 0.717) is 5.92 Å². The summed E-state index contributed by atoms with van der Waals surface area (Å²) in [6.07, 6.45) is 2.37. The van der Waals surface area contributed by atoms with Crippen LogP contribution in [0.2, 0.25) is 0 Å². The predicted octanol–water partition coefficient (Wildman–Crippen LogP) is 3.15. The average Bonchev–Trinajstić information content (AvgIpc) is 3.21. The highest BCUT2D eigenvalue weighted by atomic mass is 32.2. The van der Waals surface area contributed by atoms with E-state index in [4.69, 9.17) is 5.26 Å². The van der Waals surface area contributed by atoms with Crippen molar-refractivity contribution in [2.75, 3.05) is 0 Å². The van der Waals surface area contributed by atoms with Gasteiger partial charge in [-0.25, -0.2) is 0 Å². The van der Waals surface area contributed by atoms with Crippen LogP contribution in [0.1, 0.15) is 31.5 Å². The highest BCUT2D eigenvalue weighted by molar-refractivity contribution is 8.00. The Morgan fingerprint density at radius 1 is 1.32 bits per heavy atom. The van der Waals surface area contributed by atoms with Crippen molar-refractivity contribution in [3.05, 3.63) is 36.2 Å². The van der Waals surface area contributed by atoms with Crippen LogP contribution in [-0.2, 0) is 0 Å². The summed E-state index contributed by atoms with van der Waals surface area (Å²) in [5.41, 5.74) is 1.07. The van der Waals surface area contributed by atoms with Gasteiger partial charge in [0.1, 0.15) is 5.82 Å². The Morgan fingerprint density at radius 2 is 2.05 bits per heavy atom. The molecule has 1 saturated carbocycles. The molecule has 0 bridgehead atoms. The molecule has 0 spiro atoms. The van der Waals surface area contributed by atoms with E-state index in [-0.39, 0.29) is 5.25 Å². The standard InChI is InChI=1S/C14H14N4S/c1-10(9-15)19-14-17-16-13(11-7-8-11)18(14)12-5-3-2-4-6-12/h2-6,10-11H,7-8H2,1H3. The topological polar surface area (TPSA) is 54.5 Å². The van der Waals surface area contributed by atoms with Gasteiger partial charge in [-0.1, -0.05) is 30.0 Å². The zero-order valence-electron chi connectivity index (χ0n) is 10.7. The van der Waals surface area contributed by atoms with E-state index < -0.39 is 0 Å². The molecule has 1 aromatic carbocycles. The zero-order chi connectivity index (χ0) is 13.2. The minimum Gasteiger partial charge on any atom is -0.274 e. The summed E-state index contributed by atoms with van der Waals surface area (Å²) in [6.45, 7) is 1.88. The molecule has 19 heavy (non-hydrogen) atoms. The summed E-state index contributed by atoms with van der Waals surface area (Å²) in [4.78, 5) is 0. The lowest BCUT2D eigenvalue weighted by Crippen LogP contribution is -2.03. The Hall–Kier alpha value is -1.80. The lowest BCUT2D eigenvalue weighted by atomic mass is 10.3. The van der Waals surface area contributed by atoms with Crippen LogP contribution < -0.4 is 0 Å². The summed E-state index contributed by atoms with van der Waals surface area (Å²) in [5.74, 6) is 1.55. The van der Waals surface area contributed by atoms with Crippen LogP contribution in [0.3, 0.4) is 0 Å². The SMILES string of the molecule is CC(C#N)Sc1nnc(C2CC2)n1-c1ccccc1. The fourth-order valence-electron chi connectivity index (χ4n) is 1.97. The molecular weight excluding hydrogens is 256 g/mol. The van der Waals surface area contributed by atoms with Crippen LogP contribution >= 0.6 is 11.8 Å². The van der Waals surface area contributed by atoms with Crippen molar-refractivity contribution >= 4 is 11.8 Å². The molecule has 0 saturated heterocycles. The summed E-state index contributed by atoms with van der Waals surface area (Å²) in [7, 11) is 0. The maximum Gasteiger partial charge on any atom is 0.197 e. The van der Waals surface area contributed by atoms with Gasteiger partial charge in [-0.3, -0.25) is 4.57 Å². The molecule has 1 aliphatic carbocycles. The molecule has 4 nitrogen and oxygen atoms in total. The van der Waals surface area contributed by atoms with Gasteiger partial charge < -0.3 is 0 Å². The first kappa shape index (κ1) is 12.2. The Kier molecular flexibility index (Phi) is 3.26. The number of hydrogen-bond acceptors (Lipinski definition) is 4. The van der Waals surface area contributed by atoms with Crippen molar-refractivity contribution < 1.29 is 0 Å². The van der Waals surface area contributed by atoms with E-state index in [0.717, 1.165) is 16.7 Å². The minimum absolute atomic E-state index is 0.126. The molecule has 0 aliphatic heterocycles. The Morgan fingerprint density at radius 3 is 2.68 bits per heavy atom. The van der Waals surface area contributed by atoms with Gasteiger partial charge in [0.2, 0.25) is 0 Å². The van der Waals surface area contributed by atoms with Gasteiger partial charge in [0.15, 0.2) is 5.16 Å². The van der Waals surface area contributed by atoms with Gasteiger partial charge in [-0.05, 0) is 31.9 Å². The number of nitriles is 1. The largest absolute Gasteiger partial charge is 0.274 e. The molecule has 1 fully saturated rings. The predicted molar refractivity (Wildman–Crippen MR) is 74.3 cm³/mol. The van der Waals surface area contributed by atoms with E-state index in [1.807, 2.05) is 25.1 Å². The normalized spacial score (nSPS) is 16.0. The number of nitrogens with zero attached hydrogens (tertiary/aromatic N) is 4. The third-order valence-electron chi connectivity index (χ3n) is 3.08. The van der Waals surface area contributed by atoms with Crippen molar-refractivity contribution in [1.82, 2.24) is 14.8 Å². The Labute approximate surface area is 116 Å². The van der Waals surface area contributed by atoms with Gasteiger partial charge in [-0.2, -0.15) is 5.26 Å². The number of rotatable bonds is 4. The molecule has 1 aliphatic rings. The molecule has 1 unspecified atom stereocenters. The van der Waals surface area contributed by atoms with Crippen LogP contribution in [0.5, 0.6) is 0 Å². The summed E-state index contributed by atoms with van der Waals surface area (Å²) >= 11 is 1.46. The molecular formula is C14H14N4S. The fraction of sp³-hybridized carbons (Fsp3) is 0.357. The van der Waals surface area contributed by atoms with Gasteiger partial charge in [-0.15, -0.1) is 10.2 Å². The number of hydrogen-bond donors (Lipinski definition) is 0. The van der Waals surface area contributed by atoms with Crippen molar-refractivity contribution in [3.8, 4) is 11.8 Å². The molecule has 0 radical (unpaired) electrons. The second-order valence-corrected chi connectivity index (χ2v) is 5.98. The quantitative estimate of drug-likeness (QED) is 0.801. The molecule has 1 atom stereocenters. The summed E-state index contributed by atoms with van der Waals surface area (Å²) in [6, 6.07) is 12.3. The van der Waals surface area contributed by atoms with Crippen molar-refractivity contribution in [1.29, 1.82) is 5.26 Å². The molecule has 3 rings (SSSR count). The Bertz CT molecular complexity index is 610. The van der Waals surface area contributed by atoms with E-state index in [2.05, 4.69) is 33.0 Å². The highest BCUT2D eigenvalue weighted by Crippen LogP contribution is 2.41. The molecule has 5 heteroatoms. The molecule has 0 amide bonds. The third kappa shape index (κ3) is 2.49. The van der Waals surface area contributed by atoms with Crippen molar-refractivity contribution in [2.45, 2.75) is 36.1 Å². The number of benzene rings is 1. The first-order valence-corrected chi connectivity index (χ1v) is 7.24. The number of aromatic nitrogens is 3. The molecule has 1 heterocycles. The molecule has 2 aromatic rings. The van der Waals surface area contributed by atoms with Gasteiger partial charge >= 0.3 is 0 Å². The van der Waals surface area contributed by atoms with E-state index in [1.54, 1.807) is 0 Å². The molecule has 0 N–H and O–H groups in total. The summed E-state index contributed by atoms with van der Waals surface area (Å²) < 4.78 is 2.09. The van der Waals surface area contributed by atoms with Gasteiger partial charge in [0.25, 0.3) is 0 Å². The number of thioether (sulfide) groups is 1. The second-order valence-electron chi connectivity index (χ2n) is 4.68. The minimum atomic E-state index is -0.126. The maximum atomic E-state index is 8.96. The van der Waals surface area contributed by atoms with Crippen molar-refractivity contribution in [2.24, 2.45) is 0 Å². The fourth-order valence-corrected chi connectivity index (χ4v) is 2.73. The Balaban J connectivity index is 2.03. The monoisotopic (exact) mass is 270 g/mol. The van der Waals surface area contributed by atoms with E-state index in [9.17, 15) is 0 Å². The first-order chi connectivity index (χ1) is 9.29. The highest BCUT2D eigenvalue weighted by Gasteiger charge is 2.31. The van der Waals surface area contributed by atoms with Crippen LogP contribution in [0, 0.1) is 11.3 Å². The maximum absolute atomic E-state index is 8.96. The second kappa shape index (κ2) is 5.06. The van der Waals surface area contributed by atoms with Crippen LogP contribution in [0.25, 0.3) is 5.69 Å². The first-order valence-electron chi connectivity index (χ1n) is 6.36.